The maximum atomic E-state index is 12.7. The SMILES string of the molecule is CCCOC1CCCN(S(=O)(=O)c2cccc(CN)c2)C1. The van der Waals surface area contributed by atoms with Crippen molar-refractivity contribution in [2.24, 2.45) is 5.73 Å². The zero-order chi connectivity index (χ0) is 15.3. The second-order valence-corrected chi connectivity index (χ2v) is 7.29. The Morgan fingerprint density at radius 3 is 2.95 bits per heavy atom. The smallest absolute Gasteiger partial charge is 0.243 e. The first-order valence-electron chi connectivity index (χ1n) is 7.48. The molecule has 1 fully saturated rings. The second kappa shape index (κ2) is 7.35. The first-order valence-corrected chi connectivity index (χ1v) is 8.92. The highest BCUT2D eigenvalue weighted by molar-refractivity contribution is 7.89. The molecule has 0 saturated carbocycles. The van der Waals surface area contributed by atoms with Crippen molar-refractivity contribution in [3.8, 4) is 0 Å². The van der Waals surface area contributed by atoms with Crippen molar-refractivity contribution < 1.29 is 13.2 Å². The summed E-state index contributed by atoms with van der Waals surface area (Å²) in [5.41, 5.74) is 6.41. The average molecular weight is 312 g/mol. The van der Waals surface area contributed by atoms with E-state index in [4.69, 9.17) is 10.5 Å². The molecule has 2 rings (SSSR count). The summed E-state index contributed by atoms with van der Waals surface area (Å²) in [5, 5.41) is 0. The fourth-order valence-corrected chi connectivity index (χ4v) is 4.11. The van der Waals surface area contributed by atoms with Gasteiger partial charge in [0.25, 0.3) is 0 Å². The van der Waals surface area contributed by atoms with Crippen molar-refractivity contribution in [1.82, 2.24) is 4.31 Å². The number of piperidine rings is 1. The van der Waals surface area contributed by atoms with E-state index in [0.717, 1.165) is 24.8 Å². The highest BCUT2D eigenvalue weighted by Gasteiger charge is 2.30. The van der Waals surface area contributed by atoms with E-state index in [-0.39, 0.29) is 6.10 Å². The Morgan fingerprint density at radius 2 is 2.24 bits per heavy atom. The first-order chi connectivity index (χ1) is 10.1. The molecule has 1 aromatic carbocycles. The van der Waals surface area contributed by atoms with Gasteiger partial charge in [-0.05, 0) is 37.0 Å². The van der Waals surface area contributed by atoms with Gasteiger partial charge in [-0.2, -0.15) is 4.31 Å². The minimum absolute atomic E-state index is 0.00571. The fourth-order valence-electron chi connectivity index (χ4n) is 2.53. The Balaban J connectivity index is 2.14. The molecule has 1 saturated heterocycles. The molecule has 118 valence electrons. The summed E-state index contributed by atoms with van der Waals surface area (Å²) in [6.07, 6.45) is 2.71. The van der Waals surface area contributed by atoms with E-state index in [0.29, 0.717) is 31.1 Å². The van der Waals surface area contributed by atoms with Gasteiger partial charge in [0.2, 0.25) is 10.0 Å². The van der Waals surface area contributed by atoms with Crippen molar-refractivity contribution in [3.05, 3.63) is 29.8 Å². The molecule has 6 heteroatoms. The lowest BCUT2D eigenvalue weighted by atomic mass is 10.1. The van der Waals surface area contributed by atoms with Gasteiger partial charge in [0.15, 0.2) is 0 Å². The summed E-state index contributed by atoms with van der Waals surface area (Å²) in [4.78, 5) is 0.321. The summed E-state index contributed by atoms with van der Waals surface area (Å²) in [7, 11) is -3.45. The molecule has 0 amide bonds. The van der Waals surface area contributed by atoms with Gasteiger partial charge in [0, 0.05) is 26.2 Å². The first kappa shape index (κ1) is 16.4. The van der Waals surface area contributed by atoms with Gasteiger partial charge in [-0.25, -0.2) is 8.42 Å². The van der Waals surface area contributed by atoms with Crippen LogP contribution in [0, 0.1) is 0 Å². The number of hydrogen-bond donors (Lipinski definition) is 1. The molecule has 0 radical (unpaired) electrons. The van der Waals surface area contributed by atoms with Crippen LogP contribution < -0.4 is 5.73 Å². The summed E-state index contributed by atoms with van der Waals surface area (Å²) in [5.74, 6) is 0. The molecular weight excluding hydrogens is 288 g/mol. The molecule has 0 aliphatic carbocycles. The standard InChI is InChI=1S/C15H24N2O3S/c1-2-9-20-14-6-4-8-17(12-14)21(18,19)15-7-3-5-13(10-15)11-16/h3,5,7,10,14H,2,4,6,8-9,11-12,16H2,1H3. The fraction of sp³-hybridized carbons (Fsp3) is 0.600. The van der Waals surface area contributed by atoms with Crippen molar-refractivity contribution >= 4 is 10.0 Å². The van der Waals surface area contributed by atoms with E-state index < -0.39 is 10.0 Å². The van der Waals surface area contributed by atoms with Crippen LogP contribution in [0.4, 0.5) is 0 Å². The van der Waals surface area contributed by atoms with Gasteiger partial charge in [-0.15, -0.1) is 0 Å². The van der Waals surface area contributed by atoms with Crippen molar-refractivity contribution in [2.75, 3.05) is 19.7 Å². The summed E-state index contributed by atoms with van der Waals surface area (Å²) >= 11 is 0. The highest BCUT2D eigenvalue weighted by atomic mass is 32.2. The molecule has 5 nitrogen and oxygen atoms in total. The van der Waals surface area contributed by atoms with Crippen LogP contribution in [0.25, 0.3) is 0 Å². The Labute approximate surface area is 127 Å². The molecule has 0 bridgehead atoms. The van der Waals surface area contributed by atoms with E-state index in [1.807, 2.05) is 6.07 Å². The van der Waals surface area contributed by atoms with Crippen LogP contribution in [-0.4, -0.2) is 38.5 Å². The summed E-state index contributed by atoms with van der Waals surface area (Å²) < 4.78 is 32.7. The van der Waals surface area contributed by atoms with Crippen LogP contribution in [0.2, 0.25) is 0 Å². The lowest BCUT2D eigenvalue weighted by Crippen LogP contribution is -2.43. The third-order valence-corrected chi connectivity index (χ3v) is 5.53. The molecule has 1 aliphatic rings. The molecule has 2 N–H and O–H groups in total. The molecule has 1 aliphatic heterocycles. The van der Waals surface area contributed by atoms with Crippen LogP contribution in [0.3, 0.4) is 0 Å². The molecule has 0 aromatic heterocycles. The summed E-state index contributed by atoms with van der Waals surface area (Å²) in [6.45, 7) is 4.07. The molecule has 1 heterocycles. The van der Waals surface area contributed by atoms with Crippen LogP contribution in [0.5, 0.6) is 0 Å². The van der Waals surface area contributed by atoms with E-state index >= 15 is 0 Å². The minimum Gasteiger partial charge on any atom is -0.377 e. The number of sulfonamides is 1. The molecule has 1 atom stereocenters. The third-order valence-electron chi connectivity index (χ3n) is 3.67. The van der Waals surface area contributed by atoms with Gasteiger partial charge < -0.3 is 10.5 Å². The molecular formula is C15H24N2O3S. The van der Waals surface area contributed by atoms with Crippen LogP contribution in [0.1, 0.15) is 31.7 Å². The van der Waals surface area contributed by atoms with E-state index in [9.17, 15) is 8.42 Å². The number of hydrogen-bond acceptors (Lipinski definition) is 4. The topological polar surface area (TPSA) is 72.6 Å². The van der Waals surface area contributed by atoms with Gasteiger partial charge in [0.1, 0.15) is 0 Å². The number of ether oxygens (including phenoxy) is 1. The Hall–Kier alpha value is -0.950. The molecule has 21 heavy (non-hydrogen) atoms. The predicted molar refractivity (Wildman–Crippen MR) is 82.4 cm³/mol. The zero-order valence-corrected chi connectivity index (χ0v) is 13.3. The number of rotatable bonds is 6. The van der Waals surface area contributed by atoms with Crippen molar-refractivity contribution in [3.63, 3.8) is 0 Å². The minimum atomic E-state index is -3.45. The quantitative estimate of drug-likeness (QED) is 0.868. The van der Waals surface area contributed by atoms with Gasteiger partial charge in [-0.3, -0.25) is 0 Å². The van der Waals surface area contributed by atoms with E-state index in [2.05, 4.69) is 6.92 Å². The largest absolute Gasteiger partial charge is 0.377 e. The molecule has 1 aromatic rings. The Bertz CT molecular complexity index is 560. The van der Waals surface area contributed by atoms with E-state index in [1.165, 1.54) is 4.31 Å². The zero-order valence-electron chi connectivity index (χ0n) is 12.5. The Morgan fingerprint density at radius 1 is 1.43 bits per heavy atom. The van der Waals surface area contributed by atoms with Crippen LogP contribution in [0.15, 0.2) is 29.2 Å². The normalized spacial score (nSPS) is 20.6. The summed E-state index contributed by atoms with van der Waals surface area (Å²) in [6, 6.07) is 6.86. The van der Waals surface area contributed by atoms with Crippen molar-refractivity contribution in [2.45, 2.75) is 43.7 Å². The number of benzene rings is 1. The average Bonchev–Trinajstić information content (AvgIpc) is 2.53. The third kappa shape index (κ3) is 4.03. The van der Waals surface area contributed by atoms with Crippen LogP contribution in [-0.2, 0) is 21.3 Å². The van der Waals surface area contributed by atoms with E-state index in [1.54, 1.807) is 18.2 Å². The maximum Gasteiger partial charge on any atom is 0.243 e. The predicted octanol–water partition coefficient (Wildman–Crippen LogP) is 1.72. The second-order valence-electron chi connectivity index (χ2n) is 5.35. The van der Waals surface area contributed by atoms with Crippen molar-refractivity contribution in [1.29, 1.82) is 0 Å². The monoisotopic (exact) mass is 312 g/mol. The maximum absolute atomic E-state index is 12.7. The Kier molecular flexibility index (Phi) is 5.75. The van der Waals surface area contributed by atoms with Gasteiger partial charge in [0.05, 0.1) is 11.0 Å². The van der Waals surface area contributed by atoms with Gasteiger partial charge in [-0.1, -0.05) is 19.1 Å². The van der Waals surface area contributed by atoms with Crippen LogP contribution >= 0.6 is 0 Å². The van der Waals surface area contributed by atoms with Gasteiger partial charge >= 0.3 is 0 Å². The molecule has 0 spiro atoms. The molecule has 1 unspecified atom stereocenters. The number of nitrogens with two attached hydrogens (primary N) is 1. The highest BCUT2D eigenvalue weighted by Crippen LogP contribution is 2.22. The lowest BCUT2D eigenvalue weighted by Gasteiger charge is -2.31. The lowest BCUT2D eigenvalue weighted by molar-refractivity contribution is 0.0193. The number of nitrogens with zero attached hydrogens (tertiary/aromatic N) is 1.